The van der Waals surface area contributed by atoms with Crippen LogP contribution in [0.25, 0.3) is 11.0 Å². The minimum atomic E-state index is 0.0955. The third kappa shape index (κ3) is 1.48. The van der Waals surface area contributed by atoms with Gasteiger partial charge >= 0.3 is 0 Å². The Morgan fingerprint density at radius 2 is 2.20 bits per heavy atom. The van der Waals surface area contributed by atoms with E-state index < -0.39 is 0 Å². The van der Waals surface area contributed by atoms with E-state index in [1.165, 1.54) is 0 Å². The molecule has 0 unspecified atom stereocenters. The number of aromatic nitrogens is 2. The van der Waals surface area contributed by atoms with E-state index in [1.54, 1.807) is 11.0 Å². The summed E-state index contributed by atoms with van der Waals surface area (Å²) in [6.45, 7) is 0. The first-order valence-corrected chi connectivity index (χ1v) is 5.07. The molecule has 4 heteroatoms. The van der Waals surface area contributed by atoms with Crippen LogP contribution >= 0.6 is 0 Å². The van der Waals surface area contributed by atoms with Gasteiger partial charge in [0, 0.05) is 5.92 Å². The molecule has 3 rings (SSSR count). The van der Waals surface area contributed by atoms with E-state index in [0.717, 1.165) is 23.9 Å². The fourth-order valence-electron chi connectivity index (χ4n) is 1.60. The molecule has 1 N–H and O–H groups in total. The average molecular weight is 201 g/mol. The number of rotatable bonds is 2. The molecule has 0 bridgehead atoms. The lowest BCUT2D eigenvalue weighted by molar-refractivity contribution is -0.118. The molecular weight excluding hydrogens is 190 g/mol. The highest BCUT2D eigenvalue weighted by molar-refractivity contribution is 5.89. The van der Waals surface area contributed by atoms with Crippen molar-refractivity contribution in [3.63, 3.8) is 0 Å². The lowest BCUT2D eigenvalue weighted by atomic mass is 10.3. The topological polar surface area (TPSA) is 46.9 Å². The summed E-state index contributed by atoms with van der Waals surface area (Å²) in [5.74, 6) is 0.310. The summed E-state index contributed by atoms with van der Waals surface area (Å²) in [6, 6.07) is 7.73. The Labute approximate surface area is 86.9 Å². The van der Waals surface area contributed by atoms with Gasteiger partial charge in [0.05, 0.1) is 11.0 Å². The molecule has 15 heavy (non-hydrogen) atoms. The number of hydrogen-bond donors (Lipinski definition) is 1. The number of fused-ring (bicyclic) bond motifs is 1. The van der Waals surface area contributed by atoms with E-state index in [0.29, 0.717) is 0 Å². The van der Waals surface area contributed by atoms with Crippen LogP contribution in [-0.2, 0) is 4.79 Å². The predicted molar refractivity (Wildman–Crippen MR) is 56.8 cm³/mol. The Balaban J connectivity index is 1.93. The lowest BCUT2D eigenvalue weighted by Gasteiger charge is -2.05. The van der Waals surface area contributed by atoms with Gasteiger partial charge in [-0.1, -0.05) is 12.1 Å². The van der Waals surface area contributed by atoms with Crippen LogP contribution in [0.3, 0.4) is 0 Å². The molecule has 1 fully saturated rings. The predicted octanol–water partition coefficient (Wildman–Crippen LogP) is 1.52. The highest BCUT2D eigenvalue weighted by Crippen LogP contribution is 2.29. The molecule has 76 valence electrons. The average Bonchev–Trinajstić information content (AvgIpc) is 3.03. The Bertz CT molecular complexity index is 513. The van der Waals surface area contributed by atoms with E-state index in [1.807, 2.05) is 24.3 Å². The molecule has 4 nitrogen and oxygen atoms in total. The molecular formula is C11H11N3O. The molecule has 1 heterocycles. The molecule has 0 saturated heterocycles. The van der Waals surface area contributed by atoms with Crippen molar-refractivity contribution in [2.75, 3.05) is 5.43 Å². The van der Waals surface area contributed by atoms with Gasteiger partial charge in [0.15, 0.2) is 0 Å². The summed E-state index contributed by atoms with van der Waals surface area (Å²) in [4.78, 5) is 15.8. The molecule has 1 aromatic heterocycles. The van der Waals surface area contributed by atoms with Crippen LogP contribution in [0.1, 0.15) is 12.8 Å². The summed E-state index contributed by atoms with van der Waals surface area (Å²) in [6.07, 6.45) is 3.67. The Morgan fingerprint density at radius 1 is 1.40 bits per heavy atom. The molecule has 0 aliphatic heterocycles. The van der Waals surface area contributed by atoms with Crippen molar-refractivity contribution in [2.45, 2.75) is 12.8 Å². The number of nitrogens with zero attached hydrogens (tertiary/aromatic N) is 2. The molecule has 1 aliphatic carbocycles. The van der Waals surface area contributed by atoms with E-state index in [4.69, 9.17) is 0 Å². The van der Waals surface area contributed by atoms with Crippen molar-refractivity contribution >= 4 is 16.9 Å². The zero-order chi connectivity index (χ0) is 10.3. The second kappa shape index (κ2) is 3.08. The molecule has 1 aromatic carbocycles. The van der Waals surface area contributed by atoms with E-state index in [2.05, 4.69) is 10.4 Å². The maximum absolute atomic E-state index is 11.6. The summed E-state index contributed by atoms with van der Waals surface area (Å²) in [7, 11) is 0. The van der Waals surface area contributed by atoms with Crippen LogP contribution < -0.4 is 5.43 Å². The molecule has 1 saturated carbocycles. The van der Waals surface area contributed by atoms with Crippen LogP contribution in [0.5, 0.6) is 0 Å². The number of benzene rings is 1. The molecule has 0 radical (unpaired) electrons. The van der Waals surface area contributed by atoms with Gasteiger partial charge in [-0.25, -0.2) is 9.66 Å². The lowest BCUT2D eigenvalue weighted by Crippen LogP contribution is -2.23. The van der Waals surface area contributed by atoms with E-state index in [9.17, 15) is 4.79 Å². The Hall–Kier alpha value is -1.84. The van der Waals surface area contributed by atoms with Crippen molar-refractivity contribution in [3.05, 3.63) is 30.6 Å². The molecule has 0 spiro atoms. The number of imidazole rings is 1. The minimum absolute atomic E-state index is 0.0955. The fourth-order valence-corrected chi connectivity index (χ4v) is 1.60. The molecule has 0 atom stereocenters. The Kier molecular flexibility index (Phi) is 1.74. The first-order chi connectivity index (χ1) is 7.34. The summed E-state index contributed by atoms with van der Waals surface area (Å²) in [5, 5.41) is 0. The SMILES string of the molecule is O=C(Nn1cnc2ccccc21)C1CC1. The fraction of sp³-hybridized carbons (Fsp3) is 0.273. The van der Waals surface area contributed by atoms with Gasteiger partial charge in [-0.3, -0.25) is 10.2 Å². The second-order valence-electron chi connectivity index (χ2n) is 3.85. The quantitative estimate of drug-likeness (QED) is 0.800. The van der Waals surface area contributed by atoms with Crippen molar-refractivity contribution in [1.82, 2.24) is 9.66 Å². The highest BCUT2D eigenvalue weighted by Gasteiger charge is 2.29. The number of para-hydroxylation sites is 2. The van der Waals surface area contributed by atoms with Gasteiger partial charge < -0.3 is 0 Å². The number of hydrogen-bond acceptors (Lipinski definition) is 2. The second-order valence-corrected chi connectivity index (χ2v) is 3.85. The zero-order valence-corrected chi connectivity index (χ0v) is 8.18. The van der Waals surface area contributed by atoms with Crippen LogP contribution in [0.4, 0.5) is 0 Å². The Morgan fingerprint density at radius 3 is 3.00 bits per heavy atom. The third-order valence-electron chi connectivity index (χ3n) is 2.63. The molecule has 2 aromatic rings. The van der Waals surface area contributed by atoms with Crippen molar-refractivity contribution in [3.8, 4) is 0 Å². The van der Waals surface area contributed by atoms with Crippen molar-refractivity contribution in [2.24, 2.45) is 5.92 Å². The summed E-state index contributed by atoms with van der Waals surface area (Å²) < 4.78 is 1.69. The van der Waals surface area contributed by atoms with E-state index in [-0.39, 0.29) is 11.8 Å². The van der Waals surface area contributed by atoms with Crippen molar-refractivity contribution in [1.29, 1.82) is 0 Å². The van der Waals surface area contributed by atoms with E-state index >= 15 is 0 Å². The molecule has 1 aliphatic rings. The van der Waals surface area contributed by atoms with Gasteiger partial charge in [-0.2, -0.15) is 0 Å². The van der Waals surface area contributed by atoms with Crippen molar-refractivity contribution < 1.29 is 4.79 Å². The highest BCUT2D eigenvalue weighted by atomic mass is 16.2. The zero-order valence-electron chi connectivity index (χ0n) is 8.18. The largest absolute Gasteiger partial charge is 0.273 e. The first-order valence-electron chi connectivity index (χ1n) is 5.07. The maximum Gasteiger partial charge on any atom is 0.241 e. The maximum atomic E-state index is 11.6. The van der Waals surface area contributed by atoms with Crippen LogP contribution in [0, 0.1) is 5.92 Å². The van der Waals surface area contributed by atoms with Crippen LogP contribution in [0.2, 0.25) is 0 Å². The monoisotopic (exact) mass is 201 g/mol. The van der Waals surface area contributed by atoms with Crippen LogP contribution in [0.15, 0.2) is 30.6 Å². The molecule has 1 amide bonds. The summed E-state index contributed by atoms with van der Waals surface area (Å²) >= 11 is 0. The first kappa shape index (κ1) is 8.47. The number of amides is 1. The summed E-state index contributed by atoms with van der Waals surface area (Å²) in [5.41, 5.74) is 4.68. The smallest absolute Gasteiger partial charge is 0.241 e. The van der Waals surface area contributed by atoms with Gasteiger partial charge in [0.2, 0.25) is 5.91 Å². The van der Waals surface area contributed by atoms with Gasteiger partial charge in [-0.05, 0) is 25.0 Å². The minimum Gasteiger partial charge on any atom is -0.273 e. The number of nitrogens with one attached hydrogen (secondary N) is 1. The normalized spacial score (nSPS) is 15.5. The third-order valence-corrected chi connectivity index (χ3v) is 2.63. The van der Waals surface area contributed by atoms with Crippen LogP contribution in [-0.4, -0.2) is 15.6 Å². The van der Waals surface area contributed by atoms with Gasteiger partial charge in [0.25, 0.3) is 0 Å². The number of carbonyl (C=O) groups excluding carboxylic acids is 1. The standard InChI is InChI=1S/C11H11N3O/c15-11(8-5-6-8)13-14-7-12-9-3-1-2-4-10(9)14/h1-4,7-8H,5-6H2,(H,13,15). The van der Waals surface area contributed by atoms with Gasteiger partial charge in [0.1, 0.15) is 6.33 Å². The van der Waals surface area contributed by atoms with Gasteiger partial charge in [-0.15, -0.1) is 0 Å². The number of carbonyl (C=O) groups is 1.